The molecule has 1 heterocycles. The van der Waals surface area contributed by atoms with E-state index in [1.807, 2.05) is 55.5 Å². The Balaban J connectivity index is 1.49. The van der Waals surface area contributed by atoms with Gasteiger partial charge in [-0.25, -0.2) is 9.78 Å². The molecule has 9 nitrogen and oxygen atoms in total. The van der Waals surface area contributed by atoms with E-state index in [0.717, 1.165) is 40.0 Å². The normalized spacial score (nSPS) is 12.0. The highest BCUT2D eigenvalue weighted by molar-refractivity contribution is 7.90. The molecule has 0 bridgehead atoms. The van der Waals surface area contributed by atoms with Gasteiger partial charge in [0.1, 0.15) is 5.82 Å². The molecule has 5 aromatic rings. The first-order valence-electron chi connectivity index (χ1n) is 13.8. The maximum Gasteiger partial charge on any atom is 0.336 e. The maximum atomic E-state index is 13.0. The van der Waals surface area contributed by atoms with Crippen molar-refractivity contribution in [2.24, 2.45) is 4.40 Å². The highest BCUT2D eigenvalue weighted by atomic mass is 32.2. The van der Waals surface area contributed by atoms with E-state index in [2.05, 4.69) is 21.2 Å². The zero-order valence-electron chi connectivity index (χ0n) is 24.4. The van der Waals surface area contributed by atoms with Crippen LogP contribution in [0.15, 0.2) is 100 Å². The number of aromatic nitrogens is 2. The summed E-state index contributed by atoms with van der Waals surface area (Å²) in [4.78, 5) is 18.4. The summed E-state index contributed by atoms with van der Waals surface area (Å²) in [6.45, 7) is 4.59. The zero-order valence-corrected chi connectivity index (χ0v) is 25.3. The number of guanidine groups is 1. The number of carboxylic acid groups (broad SMARTS) is 1. The number of hydrogen-bond acceptors (Lipinski definition) is 4. The van der Waals surface area contributed by atoms with Crippen LogP contribution in [-0.4, -0.2) is 54.0 Å². The summed E-state index contributed by atoms with van der Waals surface area (Å²) >= 11 is 0. The van der Waals surface area contributed by atoms with E-state index in [4.69, 9.17) is 4.98 Å². The molecule has 0 aliphatic heterocycles. The van der Waals surface area contributed by atoms with Gasteiger partial charge in [-0.3, -0.25) is 0 Å². The molecule has 0 amide bonds. The molecule has 0 unspecified atom stereocenters. The third-order valence-corrected chi connectivity index (χ3v) is 8.41. The van der Waals surface area contributed by atoms with Gasteiger partial charge in [-0.15, -0.1) is 4.40 Å². The molecular formula is C33H33N5O4S. The number of nitrogens with one attached hydrogen (secondary N) is 1. The number of anilines is 1. The number of aromatic carboxylic acids is 1. The average molecular weight is 596 g/mol. The van der Waals surface area contributed by atoms with Crippen LogP contribution in [0.4, 0.5) is 5.69 Å². The largest absolute Gasteiger partial charge is 0.478 e. The molecule has 0 aliphatic rings. The van der Waals surface area contributed by atoms with E-state index < -0.39 is 16.0 Å². The standard InChI is InChI=1S/C33H33N5O4S/c1-5-30-35-31-22(2)19-25(34-33(37(3)4)36-43(41,42)26-11-7-6-8-12-26)20-29(31)38(30)21-23-15-17-24(18-16-23)27-13-9-10-14-28(27)32(39)40/h6-20H,5,21H2,1-4H3,(H,34,36)(H,39,40). The highest BCUT2D eigenvalue weighted by Crippen LogP contribution is 2.28. The van der Waals surface area contributed by atoms with E-state index in [9.17, 15) is 18.3 Å². The van der Waals surface area contributed by atoms with Crippen LogP contribution in [0.25, 0.3) is 22.2 Å². The third kappa shape index (κ3) is 6.29. The van der Waals surface area contributed by atoms with Crippen molar-refractivity contribution in [2.45, 2.75) is 31.7 Å². The second kappa shape index (κ2) is 12.1. The third-order valence-electron chi connectivity index (χ3n) is 7.13. The minimum atomic E-state index is -3.92. The van der Waals surface area contributed by atoms with Crippen LogP contribution in [0.3, 0.4) is 0 Å². The SMILES string of the molecule is CCc1nc2c(C)cc(NC(=NS(=O)(=O)c3ccccc3)N(C)C)cc2n1Cc1ccc(-c2ccccc2C(=O)O)cc1. The number of aryl methyl sites for hydroxylation is 2. The number of nitrogens with zero attached hydrogens (tertiary/aromatic N) is 4. The average Bonchev–Trinajstić information content (AvgIpc) is 3.35. The molecule has 0 saturated heterocycles. The predicted octanol–water partition coefficient (Wildman–Crippen LogP) is 6.04. The quantitative estimate of drug-likeness (QED) is 0.166. The number of fused-ring (bicyclic) bond motifs is 1. The Labute approximate surface area is 251 Å². The van der Waals surface area contributed by atoms with E-state index in [0.29, 0.717) is 17.8 Å². The number of carbonyl (C=O) groups is 1. The molecule has 2 N–H and O–H groups in total. The van der Waals surface area contributed by atoms with Gasteiger partial charge in [-0.2, -0.15) is 8.42 Å². The number of sulfonamides is 1. The molecule has 43 heavy (non-hydrogen) atoms. The highest BCUT2D eigenvalue weighted by Gasteiger charge is 2.18. The molecule has 0 saturated carbocycles. The summed E-state index contributed by atoms with van der Waals surface area (Å²) in [6.07, 6.45) is 0.723. The Morgan fingerprint density at radius 3 is 2.30 bits per heavy atom. The van der Waals surface area contributed by atoms with Crippen molar-refractivity contribution in [1.29, 1.82) is 0 Å². The van der Waals surface area contributed by atoms with Crippen molar-refractivity contribution in [3.63, 3.8) is 0 Å². The molecule has 4 aromatic carbocycles. The fourth-order valence-corrected chi connectivity index (χ4v) is 6.00. The fraction of sp³-hybridized carbons (Fsp3) is 0.182. The lowest BCUT2D eigenvalue weighted by Gasteiger charge is -2.18. The number of imidazole rings is 1. The van der Waals surface area contributed by atoms with E-state index >= 15 is 0 Å². The monoisotopic (exact) mass is 595 g/mol. The van der Waals surface area contributed by atoms with Gasteiger partial charge in [0, 0.05) is 32.7 Å². The van der Waals surface area contributed by atoms with Crippen LogP contribution in [0.2, 0.25) is 0 Å². The van der Waals surface area contributed by atoms with E-state index in [-0.39, 0.29) is 16.4 Å². The molecule has 0 atom stereocenters. The van der Waals surface area contributed by atoms with E-state index in [1.165, 1.54) is 12.1 Å². The Morgan fingerprint density at radius 1 is 0.977 bits per heavy atom. The molecule has 0 radical (unpaired) electrons. The Kier molecular flexibility index (Phi) is 8.31. The fourth-order valence-electron chi connectivity index (χ4n) is 4.96. The van der Waals surface area contributed by atoms with Gasteiger partial charge in [0.05, 0.1) is 21.5 Å². The van der Waals surface area contributed by atoms with Crippen LogP contribution in [0.5, 0.6) is 0 Å². The van der Waals surface area contributed by atoms with Crippen molar-refractivity contribution < 1.29 is 18.3 Å². The zero-order chi connectivity index (χ0) is 30.7. The summed E-state index contributed by atoms with van der Waals surface area (Å²) in [5.74, 6) is 0.141. The molecule has 0 fully saturated rings. The van der Waals surface area contributed by atoms with Crippen LogP contribution < -0.4 is 5.32 Å². The second-order valence-electron chi connectivity index (χ2n) is 10.4. The minimum absolute atomic E-state index is 0.117. The first kappa shape index (κ1) is 29.5. The number of benzene rings is 4. The molecule has 0 spiro atoms. The summed E-state index contributed by atoms with van der Waals surface area (Å²) < 4.78 is 32.2. The van der Waals surface area contributed by atoms with Crippen molar-refractivity contribution in [3.05, 3.63) is 114 Å². The van der Waals surface area contributed by atoms with Crippen LogP contribution in [-0.2, 0) is 23.0 Å². The molecule has 0 aliphatic carbocycles. The lowest BCUT2D eigenvalue weighted by Crippen LogP contribution is -2.30. The lowest BCUT2D eigenvalue weighted by molar-refractivity contribution is 0.0697. The molecule has 10 heteroatoms. The number of hydrogen-bond donors (Lipinski definition) is 2. The summed E-state index contributed by atoms with van der Waals surface area (Å²) in [6, 6.07) is 26.9. The van der Waals surface area contributed by atoms with Gasteiger partial charge in [0.2, 0.25) is 5.96 Å². The first-order valence-corrected chi connectivity index (χ1v) is 15.3. The van der Waals surface area contributed by atoms with Crippen molar-refractivity contribution in [3.8, 4) is 11.1 Å². The van der Waals surface area contributed by atoms with Crippen molar-refractivity contribution in [1.82, 2.24) is 14.5 Å². The first-order chi connectivity index (χ1) is 20.6. The number of carboxylic acids is 1. The summed E-state index contributed by atoms with van der Waals surface area (Å²) in [5.41, 5.74) is 6.20. The summed E-state index contributed by atoms with van der Waals surface area (Å²) in [7, 11) is -0.460. The van der Waals surface area contributed by atoms with Crippen molar-refractivity contribution in [2.75, 3.05) is 19.4 Å². The lowest BCUT2D eigenvalue weighted by atomic mass is 9.99. The molecule has 220 valence electrons. The topological polar surface area (TPSA) is 117 Å². The maximum absolute atomic E-state index is 13.0. The molecular weight excluding hydrogens is 562 g/mol. The predicted molar refractivity (Wildman–Crippen MR) is 170 cm³/mol. The Morgan fingerprint density at radius 2 is 1.65 bits per heavy atom. The van der Waals surface area contributed by atoms with Gasteiger partial charge in [-0.1, -0.05) is 67.6 Å². The van der Waals surface area contributed by atoms with Crippen LogP contribution in [0.1, 0.15) is 34.2 Å². The Hall–Kier alpha value is -4.96. The van der Waals surface area contributed by atoms with Crippen molar-refractivity contribution >= 4 is 38.7 Å². The molecule has 1 aromatic heterocycles. The summed E-state index contributed by atoms with van der Waals surface area (Å²) in [5, 5.41) is 12.8. The van der Waals surface area contributed by atoms with Crippen LogP contribution in [0, 0.1) is 6.92 Å². The minimum Gasteiger partial charge on any atom is -0.478 e. The van der Waals surface area contributed by atoms with E-state index in [1.54, 1.807) is 49.3 Å². The van der Waals surface area contributed by atoms with Gasteiger partial charge in [-0.05, 0) is 59.5 Å². The van der Waals surface area contributed by atoms with Gasteiger partial charge in [0.25, 0.3) is 10.0 Å². The van der Waals surface area contributed by atoms with Gasteiger partial charge < -0.3 is 19.9 Å². The Bertz CT molecular complexity index is 1930. The van der Waals surface area contributed by atoms with Gasteiger partial charge in [0.15, 0.2) is 0 Å². The van der Waals surface area contributed by atoms with Gasteiger partial charge >= 0.3 is 5.97 Å². The molecule has 5 rings (SSSR count). The number of rotatable bonds is 8. The van der Waals surface area contributed by atoms with Crippen LogP contribution >= 0.6 is 0 Å². The second-order valence-corrected chi connectivity index (χ2v) is 12.0. The smallest absolute Gasteiger partial charge is 0.336 e.